The first kappa shape index (κ1) is 21.2. The molecule has 1 saturated carbocycles. The van der Waals surface area contributed by atoms with Gasteiger partial charge in [0.05, 0.1) is 12.5 Å². The van der Waals surface area contributed by atoms with Crippen molar-refractivity contribution >= 4 is 11.9 Å². The summed E-state index contributed by atoms with van der Waals surface area (Å²) in [5, 5.41) is 10.2. The molecule has 0 aromatic carbocycles. The van der Waals surface area contributed by atoms with Crippen LogP contribution in [0.5, 0.6) is 5.88 Å². The summed E-state index contributed by atoms with van der Waals surface area (Å²) in [6.07, 6.45) is -4.60. The number of carbonyl (C=O) groups excluding carboxylic acids is 1. The maximum absolute atomic E-state index is 13.5. The van der Waals surface area contributed by atoms with Crippen LogP contribution in [0.25, 0.3) is 11.5 Å². The smallest absolute Gasteiger partial charge is 0.433 e. The Hall–Kier alpha value is -2.99. The van der Waals surface area contributed by atoms with E-state index < -0.39 is 35.2 Å². The highest BCUT2D eigenvalue weighted by atomic mass is 19.4. The van der Waals surface area contributed by atoms with Crippen LogP contribution in [0.3, 0.4) is 0 Å². The van der Waals surface area contributed by atoms with E-state index in [1.54, 1.807) is 0 Å². The van der Waals surface area contributed by atoms with Gasteiger partial charge in [-0.1, -0.05) is 5.10 Å². The van der Waals surface area contributed by atoms with E-state index in [-0.39, 0.29) is 49.3 Å². The summed E-state index contributed by atoms with van der Waals surface area (Å²) in [6, 6.07) is 0.824. The van der Waals surface area contributed by atoms with Crippen molar-refractivity contribution < 1.29 is 35.9 Å². The van der Waals surface area contributed by atoms with Crippen LogP contribution in [0.4, 0.5) is 28.0 Å². The zero-order valence-corrected chi connectivity index (χ0v) is 16.5. The van der Waals surface area contributed by atoms with Crippen molar-refractivity contribution in [3.63, 3.8) is 0 Å². The number of hydrogen-bond donors (Lipinski definition) is 1. The Morgan fingerprint density at radius 1 is 1.32 bits per heavy atom. The third-order valence-corrected chi connectivity index (χ3v) is 5.59. The van der Waals surface area contributed by atoms with Crippen LogP contribution in [-0.2, 0) is 11.0 Å². The molecule has 0 bridgehead atoms. The topological polar surface area (TPSA) is 93.4 Å². The molecule has 3 heterocycles. The number of rotatable bonds is 5. The summed E-state index contributed by atoms with van der Waals surface area (Å²) in [7, 11) is 1.15. The number of carbonyl (C=O) groups is 1. The van der Waals surface area contributed by atoms with E-state index in [0.29, 0.717) is 0 Å². The molecule has 1 saturated heterocycles. The maximum Gasteiger partial charge on any atom is 0.433 e. The maximum atomic E-state index is 13.5. The Morgan fingerprint density at radius 2 is 2.03 bits per heavy atom. The van der Waals surface area contributed by atoms with Gasteiger partial charge in [-0.25, -0.2) is 13.8 Å². The van der Waals surface area contributed by atoms with Gasteiger partial charge in [0.1, 0.15) is 17.3 Å². The molecule has 1 spiro atoms. The summed E-state index contributed by atoms with van der Waals surface area (Å²) in [4.78, 5) is 17.4. The van der Waals surface area contributed by atoms with Crippen molar-refractivity contribution in [1.82, 2.24) is 20.1 Å². The Kier molecular flexibility index (Phi) is 4.81. The van der Waals surface area contributed by atoms with Crippen molar-refractivity contribution in [2.24, 2.45) is 5.41 Å². The lowest BCUT2D eigenvalue weighted by atomic mass is 10.1. The van der Waals surface area contributed by atoms with E-state index in [1.165, 1.54) is 11.8 Å². The van der Waals surface area contributed by atoms with Gasteiger partial charge in [0.2, 0.25) is 11.8 Å². The molecule has 0 radical (unpaired) electrons. The van der Waals surface area contributed by atoms with E-state index in [1.807, 2.05) is 0 Å². The number of amides is 1. The number of aromatic nitrogens is 3. The lowest BCUT2D eigenvalue weighted by Gasteiger charge is -2.21. The molecule has 2 aliphatic rings. The zero-order chi connectivity index (χ0) is 22.6. The van der Waals surface area contributed by atoms with Crippen molar-refractivity contribution in [1.29, 1.82) is 0 Å². The number of hydrogen-bond acceptors (Lipinski definition) is 7. The third kappa shape index (κ3) is 3.76. The van der Waals surface area contributed by atoms with E-state index in [2.05, 4.69) is 20.5 Å². The number of pyridine rings is 1. The Labute approximate surface area is 172 Å². The molecule has 4 rings (SSSR count). The van der Waals surface area contributed by atoms with Crippen LogP contribution in [-0.4, -0.2) is 58.2 Å². The molecular formula is C18H18F5N5O3. The van der Waals surface area contributed by atoms with Gasteiger partial charge >= 0.3 is 12.2 Å². The normalized spacial score (nSPS) is 23.1. The summed E-state index contributed by atoms with van der Waals surface area (Å²) in [5.41, 5.74) is -2.21. The van der Waals surface area contributed by atoms with Gasteiger partial charge in [-0.3, -0.25) is 4.79 Å². The fourth-order valence-electron chi connectivity index (χ4n) is 3.71. The Bertz CT molecular complexity index is 1010. The molecule has 8 nitrogen and oxygen atoms in total. The van der Waals surface area contributed by atoms with Crippen LogP contribution in [0, 0.1) is 5.41 Å². The highest BCUT2D eigenvalue weighted by Gasteiger charge is 2.73. The van der Waals surface area contributed by atoms with Crippen LogP contribution in [0.2, 0.25) is 0 Å². The first-order valence-corrected chi connectivity index (χ1v) is 9.35. The van der Waals surface area contributed by atoms with E-state index in [9.17, 15) is 26.7 Å². The first-order chi connectivity index (χ1) is 14.5. The Balaban J connectivity index is 1.44. The second-order valence-corrected chi connectivity index (χ2v) is 7.70. The zero-order valence-electron chi connectivity index (χ0n) is 16.5. The molecule has 2 fully saturated rings. The Morgan fingerprint density at radius 3 is 2.61 bits per heavy atom. The molecule has 1 N–H and O–H groups in total. The van der Waals surface area contributed by atoms with Gasteiger partial charge in [-0.15, -0.1) is 5.10 Å². The minimum atomic E-state index is -4.65. The molecule has 1 amide bonds. The minimum absolute atomic E-state index is 0.00560. The summed E-state index contributed by atoms with van der Waals surface area (Å²) in [6.45, 7) is 1.75. The second kappa shape index (κ2) is 7.02. The van der Waals surface area contributed by atoms with E-state index in [4.69, 9.17) is 9.15 Å². The molecule has 168 valence electrons. The van der Waals surface area contributed by atoms with Gasteiger partial charge in [0, 0.05) is 19.5 Å². The lowest BCUT2D eigenvalue weighted by molar-refractivity contribution is -0.141. The molecule has 31 heavy (non-hydrogen) atoms. The minimum Gasteiger partial charge on any atom is -0.480 e. The highest BCUT2D eigenvalue weighted by Crippen LogP contribution is 2.65. The van der Waals surface area contributed by atoms with Gasteiger partial charge in [0.15, 0.2) is 0 Å². The van der Waals surface area contributed by atoms with Gasteiger partial charge in [-0.2, -0.15) is 13.2 Å². The second-order valence-electron chi connectivity index (χ2n) is 7.70. The number of anilines is 1. The van der Waals surface area contributed by atoms with Crippen molar-refractivity contribution in [2.75, 3.05) is 25.5 Å². The molecular weight excluding hydrogens is 429 g/mol. The van der Waals surface area contributed by atoms with Crippen LogP contribution >= 0.6 is 0 Å². The van der Waals surface area contributed by atoms with Gasteiger partial charge < -0.3 is 19.4 Å². The fourth-order valence-corrected chi connectivity index (χ4v) is 3.71. The number of methoxy groups -OCH3 is 1. The number of alkyl halides is 5. The fraction of sp³-hybridized carbons (Fsp3) is 0.556. The molecule has 1 aliphatic heterocycles. The average molecular weight is 447 g/mol. The summed E-state index contributed by atoms with van der Waals surface area (Å²) >= 11 is 0. The number of nitrogens with zero attached hydrogens (tertiary/aromatic N) is 4. The predicted octanol–water partition coefficient (Wildman–Crippen LogP) is 3.22. The molecule has 13 heteroatoms. The number of halogens is 5. The van der Waals surface area contributed by atoms with Crippen LogP contribution in [0.1, 0.15) is 25.5 Å². The lowest BCUT2D eigenvalue weighted by Crippen LogP contribution is -2.40. The third-order valence-electron chi connectivity index (χ3n) is 5.59. The van der Waals surface area contributed by atoms with Crippen molar-refractivity contribution in [2.45, 2.75) is 37.9 Å². The first-order valence-electron chi connectivity index (χ1n) is 9.35. The largest absolute Gasteiger partial charge is 0.480 e. The molecule has 2 atom stereocenters. The number of nitrogens with one attached hydrogen (secondary N) is 1. The van der Waals surface area contributed by atoms with E-state index in [0.717, 1.165) is 19.2 Å². The van der Waals surface area contributed by atoms with Crippen molar-refractivity contribution in [3.8, 4) is 17.3 Å². The molecule has 0 unspecified atom stereocenters. The molecule has 2 aromatic heterocycles. The van der Waals surface area contributed by atoms with Gasteiger partial charge in [-0.05, 0) is 25.5 Å². The van der Waals surface area contributed by atoms with Gasteiger partial charge in [0.25, 0.3) is 11.8 Å². The predicted molar refractivity (Wildman–Crippen MR) is 95.4 cm³/mol. The number of ether oxygens (including phenoxy) is 1. The monoisotopic (exact) mass is 447 g/mol. The summed E-state index contributed by atoms with van der Waals surface area (Å²) < 4.78 is 75.8. The average Bonchev–Trinajstić information content (AvgIpc) is 3.08. The van der Waals surface area contributed by atoms with Crippen molar-refractivity contribution in [3.05, 3.63) is 17.8 Å². The molecule has 2 aromatic rings. The van der Waals surface area contributed by atoms with Crippen LogP contribution in [0.15, 0.2) is 16.5 Å². The van der Waals surface area contributed by atoms with Crippen LogP contribution < -0.4 is 10.1 Å². The highest BCUT2D eigenvalue weighted by molar-refractivity contribution is 5.84. The summed E-state index contributed by atoms with van der Waals surface area (Å²) in [5.74, 6) is -3.65. The standard InChI is InChI=1S/C18H18F5N5O3/c1-9(14(29)28-6-5-16(8-28)7-17(16,19)20)24-15-27-26-13(31-15)10-3-4-11(18(21,22)23)25-12(10)30-2/h3-4,9H,5-8H2,1-2H3,(H,24,27)/t9-,16-/m0/s1. The number of likely N-dealkylation sites (tertiary alicyclic amines) is 1. The van der Waals surface area contributed by atoms with E-state index >= 15 is 0 Å². The SMILES string of the molecule is COc1nc(C(F)(F)F)ccc1-c1nnc(N[C@@H](C)C(=O)N2CC[C@@]3(C2)CC3(F)F)o1. The quantitative estimate of drug-likeness (QED) is 0.704. The molecule has 1 aliphatic carbocycles.